The molecule has 0 aliphatic carbocycles. The molecule has 0 aliphatic heterocycles. The van der Waals surface area contributed by atoms with Crippen molar-refractivity contribution in [1.29, 1.82) is 0 Å². The number of hydrogen-bond donors (Lipinski definition) is 1. The van der Waals surface area contributed by atoms with Gasteiger partial charge >= 0.3 is 0 Å². The summed E-state index contributed by atoms with van der Waals surface area (Å²) < 4.78 is 5.83. The van der Waals surface area contributed by atoms with Gasteiger partial charge in [0, 0.05) is 5.02 Å². The fourth-order valence-electron chi connectivity index (χ4n) is 1.87. The van der Waals surface area contributed by atoms with Crippen LogP contribution >= 0.6 is 11.6 Å². The van der Waals surface area contributed by atoms with Crippen LogP contribution in [0, 0.1) is 6.92 Å². The van der Waals surface area contributed by atoms with Crippen LogP contribution in [0.1, 0.15) is 50.2 Å². The Morgan fingerprint density at radius 1 is 1.22 bits per heavy atom. The smallest absolute Gasteiger partial charge is 0.122 e. The van der Waals surface area contributed by atoms with Crippen LogP contribution in [0.3, 0.4) is 0 Å². The van der Waals surface area contributed by atoms with E-state index in [-0.39, 0.29) is 0 Å². The Balaban J connectivity index is 2.62. The monoisotopic (exact) mass is 269 g/mol. The third-order valence-corrected chi connectivity index (χ3v) is 3.35. The number of hydrogen-bond acceptors (Lipinski definition) is 2. The summed E-state index contributed by atoms with van der Waals surface area (Å²) in [6.07, 6.45) is 3.25. The molecule has 18 heavy (non-hydrogen) atoms. The molecule has 3 heteroatoms. The van der Waals surface area contributed by atoms with E-state index in [0.717, 1.165) is 54.3 Å². The number of nitrogens with two attached hydrogens (primary N) is 1. The molecular formula is C15H24ClNO. The van der Waals surface area contributed by atoms with Gasteiger partial charge in [0.15, 0.2) is 0 Å². The molecular weight excluding hydrogens is 246 g/mol. The van der Waals surface area contributed by atoms with Crippen molar-refractivity contribution in [2.24, 2.45) is 5.73 Å². The highest BCUT2D eigenvalue weighted by Gasteiger charge is 2.09. The lowest BCUT2D eigenvalue weighted by Gasteiger charge is -2.14. The number of halogens is 1. The van der Waals surface area contributed by atoms with Crippen molar-refractivity contribution in [1.82, 2.24) is 0 Å². The van der Waals surface area contributed by atoms with Gasteiger partial charge in [0.2, 0.25) is 0 Å². The number of benzene rings is 1. The van der Waals surface area contributed by atoms with E-state index in [1.54, 1.807) is 0 Å². The quantitative estimate of drug-likeness (QED) is 0.750. The minimum absolute atomic E-state index is 0.415. The molecule has 0 aliphatic rings. The minimum Gasteiger partial charge on any atom is -0.493 e. The van der Waals surface area contributed by atoms with Crippen LogP contribution in [0.15, 0.2) is 12.1 Å². The summed E-state index contributed by atoms with van der Waals surface area (Å²) >= 11 is 6.23. The lowest BCUT2D eigenvalue weighted by molar-refractivity contribution is 0.303. The molecule has 0 fully saturated rings. The number of ether oxygens (including phenoxy) is 1. The third kappa shape index (κ3) is 4.51. The van der Waals surface area contributed by atoms with Gasteiger partial charge in [0.1, 0.15) is 5.75 Å². The lowest BCUT2D eigenvalue weighted by atomic mass is 10.0. The maximum Gasteiger partial charge on any atom is 0.122 e. The predicted molar refractivity (Wildman–Crippen MR) is 78.7 cm³/mol. The molecule has 0 spiro atoms. The third-order valence-electron chi connectivity index (χ3n) is 3.02. The first-order valence-electron chi connectivity index (χ1n) is 6.69. The summed E-state index contributed by atoms with van der Waals surface area (Å²) in [5.74, 6) is 1.37. The van der Waals surface area contributed by atoms with E-state index < -0.39 is 0 Å². The first-order valence-corrected chi connectivity index (χ1v) is 7.07. The molecule has 1 aromatic carbocycles. The van der Waals surface area contributed by atoms with Crippen molar-refractivity contribution >= 4 is 11.6 Å². The Bertz CT molecular complexity index is 377. The van der Waals surface area contributed by atoms with Gasteiger partial charge in [-0.2, -0.15) is 0 Å². The zero-order chi connectivity index (χ0) is 13.5. The van der Waals surface area contributed by atoms with Crippen LogP contribution in [-0.4, -0.2) is 13.2 Å². The summed E-state index contributed by atoms with van der Waals surface area (Å²) in [6, 6.07) is 4.07. The molecule has 0 amide bonds. The van der Waals surface area contributed by atoms with Gasteiger partial charge in [-0.15, -0.1) is 0 Å². The minimum atomic E-state index is 0.415. The number of rotatable bonds is 7. The van der Waals surface area contributed by atoms with E-state index in [9.17, 15) is 0 Å². The standard InChI is InChI=1S/C15H24ClNO/c1-11(2)13-10-15(12(3)9-14(13)16)18-8-6-4-5-7-17/h9-11H,4-8,17H2,1-3H3. The Hall–Kier alpha value is -0.730. The van der Waals surface area contributed by atoms with Crippen LogP contribution in [0.4, 0.5) is 0 Å². The Labute approximate surface area is 115 Å². The topological polar surface area (TPSA) is 35.2 Å². The van der Waals surface area contributed by atoms with Crippen LogP contribution in [0.25, 0.3) is 0 Å². The molecule has 2 N–H and O–H groups in total. The van der Waals surface area contributed by atoms with Crippen molar-refractivity contribution in [2.45, 2.75) is 46.0 Å². The maximum atomic E-state index is 6.23. The van der Waals surface area contributed by atoms with Gasteiger partial charge < -0.3 is 10.5 Å². The van der Waals surface area contributed by atoms with E-state index in [1.807, 2.05) is 13.0 Å². The predicted octanol–water partition coefficient (Wildman–Crippen LogP) is 4.28. The highest BCUT2D eigenvalue weighted by Crippen LogP contribution is 2.31. The molecule has 0 radical (unpaired) electrons. The van der Waals surface area contributed by atoms with Gasteiger partial charge in [0.05, 0.1) is 6.61 Å². The van der Waals surface area contributed by atoms with Crippen molar-refractivity contribution < 1.29 is 4.74 Å². The van der Waals surface area contributed by atoms with Crippen molar-refractivity contribution in [3.8, 4) is 5.75 Å². The molecule has 0 unspecified atom stereocenters. The van der Waals surface area contributed by atoms with Crippen LogP contribution in [0.2, 0.25) is 5.02 Å². The highest BCUT2D eigenvalue weighted by atomic mass is 35.5. The SMILES string of the molecule is Cc1cc(Cl)c(C(C)C)cc1OCCCCCN. The second-order valence-corrected chi connectivity index (χ2v) is 5.40. The summed E-state index contributed by atoms with van der Waals surface area (Å²) in [6.45, 7) is 7.83. The Kier molecular flexibility index (Phi) is 6.51. The van der Waals surface area contributed by atoms with Gasteiger partial charge in [0.25, 0.3) is 0 Å². The summed E-state index contributed by atoms with van der Waals surface area (Å²) in [5.41, 5.74) is 7.71. The van der Waals surface area contributed by atoms with Gasteiger partial charge in [-0.3, -0.25) is 0 Å². The maximum absolute atomic E-state index is 6.23. The second kappa shape index (κ2) is 7.65. The molecule has 0 saturated carbocycles. The van der Waals surface area contributed by atoms with Crippen LogP contribution < -0.4 is 10.5 Å². The molecule has 0 heterocycles. The molecule has 0 atom stereocenters. The number of aryl methyl sites for hydroxylation is 1. The molecule has 0 saturated heterocycles. The lowest BCUT2D eigenvalue weighted by Crippen LogP contribution is -2.03. The first-order chi connectivity index (χ1) is 8.56. The first kappa shape index (κ1) is 15.3. The normalized spacial score (nSPS) is 11.0. The van der Waals surface area contributed by atoms with Gasteiger partial charge in [-0.1, -0.05) is 25.4 Å². The fraction of sp³-hybridized carbons (Fsp3) is 0.600. The van der Waals surface area contributed by atoms with Gasteiger partial charge in [-0.05, 0) is 61.9 Å². The van der Waals surface area contributed by atoms with E-state index in [2.05, 4.69) is 19.9 Å². The molecule has 0 bridgehead atoms. The van der Waals surface area contributed by atoms with Crippen molar-refractivity contribution in [3.05, 3.63) is 28.3 Å². The van der Waals surface area contributed by atoms with E-state index in [0.29, 0.717) is 5.92 Å². The molecule has 1 aromatic rings. The summed E-state index contributed by atoms with van der Waals surface area (Å²) in [4.78, 5) is 0. The Morgan fingerprint density at radius 2 is 1.94 bits per heavy atom. The Morgan fingerprint density at radius 3 is 2.56 bits per heavy atom. The largest absolute Gasteiger partial charge is 0.493 e. The van der Waals surface area contributed by atoms with Gasteiger partial charge in [-0.25, -0.2) is 0 Å². The van der Waals surface area contributed by atoms with Crippen molar-refractivity contribution in [3.63, 3.8) is 0 Å². The number of unbranched alkanes of at least 4 members (excludes halogenated alkanes) is 2. The molecule has 2 nitrogen and oxygen atoms in total. The van der Waals surface area contributed by atoms with Crippen molar-refractivity contribution in [2.75, 3.05) is 13.2 Å². The van der Waals surface area contributed by atoms with E-state index in [1.165, 1.54) is 0 Å². The zero-order valence-electron chi connectivity index (χ0n) is 11.6. The summed E-state index contributed by atoms with van der Waals surface area (Å²) in [7, 11) is 0. The second-order valence-electron chi connectivity index (χ2n) is 4.99. The average molecular weight is 270 g/mol. The zero-order valence-corrected chi connectivity index (χ0v) is 12.4. The molecule has 102 valence electrons. The summed E-state index contributed by atoms with van der Waals surface area (Å²) in [5, 5.41) is 0.831. The molecule has 0 aromatic heterocycles. The molecule has 1 rings (SSSR count). The van der Waals surface area contributed by atoms with E-state index in [4.69, 9.17) is 22.1 Å². The van der Waals surface area contributed by atoms with Crippen LogP contribution in [-0.2, 0) is 0 Å². The fourth-order valence-corrected chi connectivity index (χ4v) is 2.31. The average Bonchev–Trinajstić information content (AvgIpc) is 2.30. The van der Waals surface area contributed by atoms with Crippen LogP contribution in [0.5, 0.6) is 5.75 Å². The van der Waals surface area contributed by atoms with E-state index >= 15 is 0 Å². The highest BCUT2D eigenvalue weighted by molar-refractivity contribution is 6.31.